The van der Waals surface area contributed by atoms with E-state index in [1.807, 2.05) is 12.1 Å². The monoisotopic (exact) mass is 470 g/mol. The molecule has 174 valence electrons. The number of rotatable bonds is 4. The Hall–Kier alpha value is -2.36. The van der Waals surface area contributed by atoms with E-state index in [0.717, 1.165) is 48.5 Å². The fraction of sp³-hybridized carbons (Fsp3) is 0.458. The van der Waals surface area contributed by atoms with Crippen molar-refractivity contribution in [2.75, 3.05) is 51.3 Å². The highest BCUT2D eigenvalue weighted by Gasteiger charge is 2.48. The van der Waals surface area contributed by atoms with Gasteiger partial charge in [0.25, 0.3) is 0 Å². The highest BCUT2D eigenvalue weighted by atomic mass is 35.5. The SMILES string of the molecule is CN1CCN(c2ccc(-c3nc4cc(OC5COC6C(O)COC56)[nH]c4cc3Cl)cc2)CC1. The third-order valence-corrected chi connectivity index (χ3v) is 7.09. The molecule has 3 aliphatic heterocycles. The minimum absolute atomic E-state index is 0.266. The van der Waals surface area contributed by atoms with E-state index >= 15 is 0 Å². The van der Waals surface area contributed by atoms with E-state index in [4.69, 9.17) is 30.8 Å². The Morgan fingerprint density at radius 1 is 1.06 bits per heavy atom. The normalized spacial score (nSPS) is 27.9. The average molecular weight is 471 g/mol. The molecule has 3 saturated heterocycles. The zero-order valence-corrected chi connectivity index (χ0v) is 19.2. The molecule has 0 saturated carbocycles. The second kappa shape index (κ2) is 8.45. The number of halogens is 1. The molecule has 3 aliphatic rings. The van der Waals surface area contributed by atoms with Crippen LogP contribution in [0.5, 0.6) is 5.88 Å². The number of hydrogen-bond donors (Lipinski definition) is 2. The van der Waals surface area contributed by atoms with Gasteiger partial charge >= 0.3 is 0 Å². The van der Waals surface area contributed by atoms with Crippen molar-refractivity contribution in [1.82, 2.24) is 14.9 Å². The molecule has 0 amide bonds. The summed E-state index contributed by atoms with van der Waals surface area (Å²) < 4.78 is 17.4. The number of aromatic nitrogens is 2. The predicted molar refractivity (Wildman–Crippen MR) is 126 cm³/mol. The van der Waals surface area contributed by atoms with Crippen LogP contribution in [-0.4, -0.2) is 90.8 Å². The Bertz CT molecular complexity index is 1150. The van der Waals surface area contributed by atoms with E-state index in [1.54, 1.807) is 0 Å². The Morgan fingerprint density at radius 2 is 1.82 bits per heavy atom. The molecular weight excluding hydrogens is 444 g/mol. The number of aliphatic hydroxyl groups excluding tert-OH is 1. The molecule has 4 atom stereocenters. The van der Waals surface area contributed by atoms with Crippen LogP contribution in [0.2, 0.25) is 5.02 Å². The van der Waals surface area contributed by atoms with Gasteiger partial charge in [-0.1, -0.05) is 23.7 Å². The van der Waals surface area contributed by atoms with Crippen molar-refractivity contribution >= 4 is 28.3 Å². The van der Waals surface area contributed by atoms with Gasteiger partial charge in [-0.2, -0.15) is 0 Å². The van der Waals surface area contributed by atoms with Gasteiger partial charge in [0.1, 0.15) is 18.3 Å². The van der Waals surface area contributed by atoms with Crippen molar-refractivity contribution < 1.29 is 19.3 Å². The summed E-state index contributed by atoms with van der Waals surface area (Å²) in [6.45, 7) is 4.86. The first-order valence-corrected chi connectivity index (χ1v) is 11.7. The van der Waals surface area contributed by atoms with Crippen LogP contribution >= 0.6 is 11.6 Å². The maximum absolute atomic E-state index is 9.93. The van der Waals surface area contributed by atoms with Gasteiger partial charge in [0.2, 0.25) is 0 Å². The molecule has 2 N–H and O–H groups in total. The molecule has 4 unspecified atom stereocenters. The van der Waals surface area contributed by atoms with Crippen molar-refractivity contribution in [1.29, 1.82) is 0 Å². The molecule has 33 heavy (non-hydrogen) atoms. The van der Waals surface area contributed by atoms with Gasteiger partial charge < -0.3 is 34.1 Å². The van der Waals surface area contributed by atoms with E-state index in [1.165, 1.54) is 5.69 Å². The number of benzene rings is 1. The second-order valence-corrected chi connectivity index (χ2v) is 9.45. The number of aliphatic hydroxyl groups is 1. The summed E-state index contributed by atoms with van der Waals surface area (Å²) in [7, 11) is 2.16. The van der Waals surface area contributed by atoms with Gasteiger partial charge in [0.15, 0.2) is 12.0 Å². The molecule has 8 nitrogen and oxygen atoms in total. The maximum Gasteiger partial charge on any atom is 0.193 e. The highest BCUT2D eigenvalue weighted by molar-refractivity contribution is 6.33. The number of piperazine rings is 1. The van der Waals surface area contributed by atoms with Gasteiger partial charge in [-0.25, -0.2) is 4.98 Å². The number of aromatic amines is 1. The number of anilines is 1. The van der Waals surface area contributed by atoms with Crippen LogP contribution in [0.4, 0.5) is 5.69 Å². The summed E-state index contributed by atoms with van der Waals surface area (Å²) in [6.07, 6.45) is -1.47. The van der Waals surface area contributed by atoms with Crippen molar-refractivity contribution in [3.05, 3.63) is 41.4 Å². The lowest BCUT2D eigenvalue weighted by Crippen LogP contribution is -2.44. The summed E-state index contributed by atoms with van der Waals surface area (Å²) >= 11 is 6.60. The zero-order valence-electron chi connectivity index (χ0n) is 18.4. The molecule has 1 aromatic carbocycles. The van der Waals surface area contributed by atoms with Crippen LogP contribution in [0.25, 0.3) is 22.3 Å². The summed E-state index contributed by atoms with van der Waals surface area (Å²) in [4.78, 5) is 12.8. The minimum atomic E-state index is -0.600. The Balaban J connectivity index is 1.21. The highest BCUT2D eigenvalue weighted by Crippen LogP contribution is 2.34. The number of fused-ring (bicyclic) bond motifs is 2. The molecule has 6 rings (SSSR count). The van der Waals surface area contributed by atoms with Crippen molar-refractivity contribution in [2.45, 2.75) is 24.4 Å². The molecule has 3 aromatic rings. The van der Waals surface area contributed by atoms with Crippen molar-refractivity contribution in [3.63, 3.8) is 0 Å². The molecule has 2 aromatic heterocycles. The number of ether oxygens (including phenoxy) is 3. The smallest absolute Gasteiger partial charge is 0.193 e. The van der Waals surface area contributed by atoms with Crippen LogP contribution in [0.15, 0.2) is 36.4 Å². The molecule has 5 heterocycles. The summed E-state index contributed by atoms with van der Waals surface area (Å²) in [5, 5.41) is 10.5. The molecule has 0 bridgehead atoms. The number of hydrogen-bond acceptors (Lipinski definition) is 7. The third-order valence-electron chi connectivity index (χ3n) is 6.80. The first-order valence-electron chi connectivity index (χ1n) is 11.4. The van der Waals surface area contributed by atoms with Crippen LogP contribution < -0.4 is 9.64 Å². The standard InChI is InChI=1S/C24H27ClN4O4/c1-28-6-8-29(9-7-28)15-4-2-14(3-5-15)22-16(25)10-17-18(27-22)11-21(26-17)33-20-13-32-23-19(30)12-31-24(20)23/h2-5,10-11,19-20,23-24,26,30H,6-9,12-13H2,1H3. The van der Waals surface area contributed by atoms with Crippen LogP contribution in [-0.2, 0) is 9.47 Å². The lowest BCUT2D eigenvalue weighted by atomic mass is 10.1. The van der Waals surface area contributed by atoms with Crippen molar-refractivity contribution in [2.24, 2.45) is 0 Å². The number of nitrogens with zero attached hydrogens (tertiary/aromatic N) is 3. The first-order chi connectivity index (χ1) is 16.0. The van der Waals surface area contributed by atoms with Crippen LogP contribution in [0, 0.1) is 0 Å². The Morgan fingerprint density at radius 3 is 2.61 bits per heavy atom. The topological polar surface area (TPSA) is 83.1 Å². The molecular formula is C24H27ClN4O4. The Kier molecular flexibility index (Phi) is 5.43. The third kappa shape index (κ3) is 3.96. The van der Waals surface area contributed by atoms with Gasteiger partial charge in [-0.3, -0.25) is 0 Å². The summed E-state index contributed by atoms with van der Waals surface area (Å²) in [5.41, 5.74) is 4.51. The summed E-state index contributed by atoms with van der Waals surface area (Å²) in [5.74, 6) is 0.579. The van der Waals surface area contributed by atoms with E-state index in [9.17, 15) is 5.11 Å². The fourth-order valence-corrected chi connectivity index (χ4v) is 5.14. The maximum atomic E-state index is 9.93. The summed E-state index contributed by atoms with van der Waals surface area (Å²) in [6, 6.07) is 12.2. The van der Waals surface area contributed by atoms with Gasteiger partial charge in [0, 0.05) is 43.5 Å². The number of H-pyrrole nitrogens is 1. The van der Waals surface area contributed by atoms with E-state index in [0.29, 0.717) is 17.5 Å². The molecule has 3 fully saturated rings. The largest absolute Gasteiger partial charge is 0.470 e. The van der Waals surface area contributed by atoms with Crippen LogP contribution in [0.1, 0.15) is 0 Å². The fourth-order valence-electron chi connectivity index (χ4n) is 4.88. The second-order valence-electron chi connectivity index (χ2n) is 9.04. The van der Waals surface area contributed by atoms with E-state index in [-0.39, 0.29) is 24.9 Å². The molecule has 9 heteroatoms. The minimum Gasteiger partial charge on any atom is -0.470 e. The van der Waals surface area contributed by atoms with Crippen LogP contribution in [0.3, 0.4) is 0 Å². The lowest BCUT2D eigenvalue weighted by Gasteiger charge is -2.34. The first kappa shape index (κ1) is 21.2. The average Bonchev–Trinajstić information content (AvgIpc) is 3.51. The quantitative estimate of drug-likeness (QED) is 0.606. The number of nitrogens with one attached hydrogen (secondary N) is 1. The molecule has 0 spiro atoms. The predicted octanol–water partition coefficient (Wildman–Crippen LogP) is 2.54. The molecule has 0 radical (unpaired) electrons. The van der Waals surface area contributed by atoms with Gasteiger partial charge in [0.05, 0.1) is 35.0 Å². The molecule has 0 aliphatic carbocycles. The van der Waals surface area contributed by atoms with E-state index < -0.39 is 6.10 Å². The lowest BCUT2D eigenvalue weighted by molar-refractivity contribution is 0.00794. The van der Waals surface area contributed by atoms with Gasteiger partial charge in [-0.05, 0) is 25.2 Å². The number of pyridine rings is 1. The van der Waals surface area contributed by atoms with Gasteiger partial charge in [-0.15, -0.1) is 0 Å². The Labute approximate surface area is 197 Å². The zero-order chi connectivity index (χ0) is 22.5. The van der Waals surface area contributed by atoms with Crippen molar-refractivity contribution in [3.8, 4) is 17.1 Å². The van der Waals surface area contributed by atoms with E-state index in [2.05, 4.69) is 46.1 Å². The number of likely N-dealkylation sites (N-methyl/N-ethyl adjacent to an activating group) is 1.